The molecule has 0 atom stereocenters. The third-order valence-electron chi connectivity index (χ3n) is 3.17. The maximum Gasteiger partial charge on any atom is 0.207 e. The fourth-order valence-electron chi connectivity index (χ4n) is 2.49. The van der Waals surface area contributed by atoms with Crippen LogP contribution in [-0.2, 0) is 9.84 Å². The predicted octanol–water partition coefficient (Wildman–Crippen LogP) is 3.75. The van der Waals surface area contributed by atoms with E-state index in [1.54, 1.807) is 18.2 Å². The topological polar surface area (TPSA) is 34.1 Å². The molecule has 100 valence electrons. The third-order valence-corrected chi connectivity index (χ3v) is 5.23. The Morgan fingerprint density at radius 2 is 1.37 bits per heavy atom. The summed E-state index contributed by atoms with van der Waals surface area (Å²) < 4.78 is 25.5. The molecule has 0 amide bonds. The highest BCUT2D eigenvalue weighted by Crippen LogP contribution is 2.28. The van der Waals surface area contributed by atoms with E-state index in [2.05, 4.69) is 0 Å². The fraction of sp³-hybridized carbons (Fsp3) is 0.250. The van der Waals surface area contributed by atoms with Crippen molar-refractivity contribution in [2.24, 2.45) is 0 Å². The van der Waals surface area contributed by atoms with Gasteiger partial charge in [0.2, 0.25) is 9.84 Å². The molecule has 0 N–H and O–H groups in total. The number of hydrogen-bond donors (Lipinski definition) is 0. The van der Waals surface area contributed by atoms with Crippen LogP contribution < -0.4 is 0 Å². The average Bonchev–Trinajstić information content (AvgIpc) is 2.26. The number of hydrogen-bond acceptors (Lipinski definition) is 2. The molecule has 2 aromatic carbocycles. The minimum Gasteiger partial charge on any atom is -0.218 e. The van der Waals surface area contributed by atoms with Crippen LogP contribution in [-0.4, -0.2) is 8.42 Å². The molecule has 0 aromatic heterocycles. The summed E-state index contributed by atoms with van der Waals surface area (Å²) in [4.78, 5) is 0.797. The van der Waals surface area contributed by atoms with Gasteiger partial charge in [-0.2, -0.15) is 0 Å². The highest BCUT2D eigenvalue weighted by atomic mass is 32.2. The zero-order chi connectivity index (χ0) is 14.2. The van der Waals surface area contributed by atoms with E-state index in [4.69, 9.17) is 0 Å². The van der Waals surface area contributed by atoms with Crippen LogP contribution in [0.15, 0.2) is 46.2 Å². The Hall–Kier alpha value is -1.61. The zero-order valence-corrected chi connectivity index (χ0v) is 12.5. The van der Waals surface area contributed by atoms with E-state index in [9.17, 15) is 8.42 Å². The van der Waals surface area contributed by atoms with Crippen molar-refractivity contribution in [3.63, 3.8) is 0 Å². The molecule has 0 aliphatic heterocycles. The maximum atomic E-state index is 12.7. The molecular weight excluding hydrogens is 256 g/mol. The molecule has 0 aliphatic carbocycles. The van der Waals surface area contributed by atoms with Crippen molar-refractivity contribution in [3.05, 3.63) is 58.7 Å². The first-order valence-electron chi connectivity index (χ1n) is 6.22. The lowest BCUT2D eigenvalue weighted by molar-refractivity contribution is 0.594. The number of benzene rings is 2. The predicted molar refractivity (Wildman–Crippen MR) is 77.3 cm³/mol. The van der Waals surface area contributed by atoms with Gasteiger partial charge >= 0.3 is 0 Å². The van der Waals surface area contributed by atoms with Crippen molar-refractivity contribution in [1.82, 2.24) is 0 Å². The van der Waals surface area contributed by atoms with Gasteiger partial charge in [-0.1, -0.05) is 29.8 Å². The third kappa shape index (κ3) is 2.56. The summed E-state index contributed by atoms with van der Waals surface area (Å²) in [6.45, 7) is 7.57. The molecule has 0 aliphatic rings. The van der Waals surface area contributed by atoms with Gasteiger partial charge in [-0.3, -0.25) is 0 Å². The van der Waals surface area contributed by atoms with Gasteiger partial charge in [-0.25, -0.2) is 8.42 Å². The van der Waals surface area contributed by atoms with Crippen molar-refractivity contribution in [3.8, 4) is 0 Å². The largest absolute Gasteiger partial charge is 0.218 e. The molecule has 0 heterocycles. The summed E-state index contributed by atoms with van der Waals surface area (Å²) in [7, 11) is -3.44. The maximum absolute atomic E-state index is 12.7. The van der Waals surface area contributed by atoms with Crippen molar-refractivity contribution >= 4 is 9.84 Å². The second-order valence-corrected chi connectivity index (χ2v) is 6.93. The minimum atomic E-state index is -3.44. The molecular formula is C16H18O2S. The van der Waals surface area contributed by atoms with Gasteiger partial charge in [0.25, 0.3) is 0 Å². The number of rotatable bonds is 2. The van der Waals surface area contributed by atoms with Crippen molar-refractivity contribution < 1.29 is 8.42 Å². The average molecular weight is 274 g/mol. The number of sulfone groups is 1. The summed E-state index contributed by atoms with van der Waals surface area (Å²) in [6, 6.07) is 10.9. The Bertz CT molecular complexity index is 705. The van der Waals surface area contributed by atoms with Crippen LogP contribution in [0.5, 0.6) is 0 Å². The summed E-state index contributed by atoms with van der Waals surface area (Å²) in [5, 5.41) is 0. The van der Waals surface area contributed by atoms with E-state index in [1.807, 2.05) is 45.9 Å². The highest BCUT2D eigenvalue weighted by molar-refractivity contribution is 7.91. The van der Waals surface area contributed by atoms with Crippen LogP contribution in [0.3, 0.4) is 0 Å². The second kappa shape index (κ2) is 4.82. The highest BCUT2D eigenvalue weighted by Gasteiger charge is 2.22. The zero-order valence-electron chi connectivity index (χ0n) is 11.7. The molecule has 0 unspecified atom stereocenters. The molecule has 0 bridgehead atoms. The first-order chi connectivity index (χ1) is 8.82. The van der Waals surface area contributed by atoms with Gasteiger partial charge < -0.3 is 0 Å². The Labute approximate surface area is 115 Å². The Morgan fingerprint density at radius 1 is 0.789 bits per heavy atom. The summed E-state index contributed by atoms with van der Waals surface area (Å²) in [5.74, 6) is 0. The van der Waals surface area contributed by atoms with Crippen LogP contribution in [0, 0.1) is 27.7 Å². The normalized spacial score (nSPS) is 11.6. The molecule has 0 fully saturated rings. The molecule has 0 saturated carbocycles. The lowest BCUT2D eigenvalue weighted by atomic mass is 10.1. The monoisotopic (exact) mass is 274 g/mol. The van der Waals surface area contributed by atoms with Crippen LogP contribution >= 0.6 is 0 Å². The molecule has 2 aromatic rings. The summed E-state index contributed by atoms with van der Waals surface area (Å²) in [6.07, 6.45) is 0. The second-order valence-electron chi connectivity index (χ2n) is 5.05. The van der Waals surface area contributed by atoms with Crippen LogP contribution in [0.4, 0.5) is 0 Å². The van der Waals surface area contributed by atoms with Crippen LogP contribution in [0.25, 0.3) is 0 Å². The summed E-state index contributed by atoms with van der Waals surface area (Å²) in [5.41, 5.74) is 3.64. The molecule has 3 heteroatoms. The first kappa shape index (κ1) is 13.8. The Kier molecular flexibility index (Phi) is 3.50. The van der Waals surface area contributed by atoms with Gasteiger partial charge in [-0.15, -0.1) is 0 Å². The molecule has 2 rings (SSSR count). The van der Waals surface area contributed by atoms with Crippen molar-refractivity contribution in [2.75, 3.05) is 0 Å². The fourth-order valence-corrected chi connectivity index (χ4v) is 4.29. The van der Waals surface area contributed by atoms with E-state index in [1.165, 1.54) is 0 Å². The molecule has 0 saturated heterocycles. The summed E-state index contributed by atoms with van der Waals surface area (Å²) >= 11 is 0. The van der Waals surface area contributed by atoms with Gasteiger partial charge in [0.05, 0.1) is 9.79 Å². The van der Waals surface area contributed by atoms with E-state index in [0.717, 1.165) is 22.3 Å². The number of aryl methyl sites for hydroxylation is 4. The van der Waals surface area contributed by atoms with E-state index >= 15 is 0 Å². The van der Waals surface area contributed by atoms with E-state index < -0.39 is 9.84 Å². The van der Waals surface area contributed by atoms with Crippen LogP contribution in [0.2, 0.25) is 0 Å². The van der Waals surface area contributed by atoms with Crippen LogP contribution in [0.1, 0.15) is 22.3 Å². The van der Waals surface area contributed by atoms with Gasteiger partial charge in [0, 0.05) is 0 Å². The molecule has 2 nitrogen and oxygen atoms in total. The van der Waals surface area contributed by atoms with Crippen molar-refractivity contribution in [1.29, 1.82) is 0 Å². The smallest absolute Gasteiger partial charge is 0.207 e. The van der Waals surface area contributed by atoms with Gasteiger partial charge in [-0.05, 0) is 56.5 Å². The lowest BCUT2D eigenvalue weighted by Crippen LogP contribution is -2.07. The molecule has 19 heavy (non-hydrogen) atoms. The van der Waals surface area contributed by atoms with E-state index in [0.29, 0.717) is 9.79 Å². The molecule has 0 spiro atoms. The SMILES string of the molecule is Cc1cccc(S(=O)(=O)c2c(C)cc(C)cc2C)c1. The quantitative estimate of drug-likeness (QED) is 0.835. The van der Waals surface area contributed by atoms with Gasteiger partial charge in [0.15, 0.2) is 0 Å². The standard InChI is InChI=1S/C16H18O2S/c1-11-6-5-7-15(10-11)19(17,18)16-13(3)8-12(2)9-14(16)4/h5-10H,1-4H3. The Balaban J connectivity index is 2.71. The van der Waals surface area contributed by atoms with Crippen molar-refractivity contribution in [2.45, 2.75) is 37.5 Å². The first-order valence-corrected chi connectivity index (χ1v) is 7.70. The van der Waals surface area contributed by atoms with Gasteiger partial charge in [0.1, 0.15) is 0 Å². The molecule has 0 radical (unpaired) electrons. The Morgan fingerprint density at radius 3 is 1.89 bits per heavy atom. The van der Waals surface area contributed by atoms with E-state index in [-0.39, 0.29) is 0 Å². The lowest BCUT2D eigenvalue weighted by Gasteiger charge is -2.12. The minimum absolute atomic E-state index is 0.363.